The molecule has 106 valence electrons. The Bertz CT molecular complexity index is 543. The van der Waals surface area contributed by atoms with E-state index >= 15 is 0 Å². The first-order valence-electron chi connectivity index (χ1n) is 6.78. The molecular formula is C16H18Br2N2. The molecule has 0 fully saturated rings. The predicted octanol–water partition coefficient (Wildman–Crippen LogP) is 4.89. The van der Waals surface area contributed by atoms with E-state index in [0.29, 0.717) is 0 Å². The van der Waals surface area contributed by atoms with Gasteiger partial charge in [0.1, 0.15) is 0 Å². The fourth-order valence-electron chi connectivity index (χ4n) is 2.15. The van der Waals surface area contributed by atoms with Crippen LogP contribution in [-0.4, -0.2) is 11.5 Å². The molecule has 20 heavy (non-hydrogen) atoms. The van der Waals surface area contributed by atoms with Gasteiger partial charge in [-0.1, -0.05) is 44.8 Å². The fourth-order valence-corrected chi connectivity index (χ4v) is 3.05. The Labute approximate surface area is 137 Å². The van der Waals surface area contributed by atoms with Crippen molar-refractivity contribution in [3.63, 3.8) is 0 Å². The molecule has 0 bridgehead atoms. The number of hydrogen-bond donors (Lipinski definition) is 1. The standard InChI is InChI=1S/C16H18Br2N2/c1-2-7-20-16(9-12-4-3-8-19-11-12)14-10-13(17)5-6-15(14)18/h3-6,8,10-11,16,20H,2,7,9H2,1H3. The second-order valence-corrected chi connectivity index (χ2v) is 6.51. The zero-order valence-corrected chi connectivity index (χ0v) is 14.6. The van der Waals surface area contributed by atoms with Crippen molar-refractivity contribution in [1.82, 2.24) is 10.3 Å². The highest BCUT2D eigenvalue weighted by Gasteiger charge is 2.15. The Balaban J connectivity index is 2.24. The van der Waals surface area contributed by atoms with E-state index in [9.17, 15) is 0 Å². The predicted molar refractivity (Wildman–Crippen MR) is 90.8 cm³/mol. The molecule has 2 rings (SSSR count). The number of hydrogen-bond acceptors (Lipinski definition) is 2. The Hall–Kier alpha value is -0.710. The number of nitrogens with one attached hydrogen (secondary N) is 1. The van der Waals surface area contributed by atoms with Gasteiger partial charge in [0.15, 0.2) is 0 Å². The number of benzene rings is 1. The first kappa shape index (κ1) is 15.7. The normalized spacial score (nSPS) is 12.3. The average molecular weight is 398 g/mol. The second kappa shape index (κ2) is 7.91. The molecule has 1 N–H and O–H groups in total. The summed E-state index contributed by atoms with van der Waals surface area (Å²) in [7, 11) is 0. The van der Waals surface area contributed by atoms with Gasteiger partial charge in [-0.2, -0.15) is 0 Å². The van der Waals surface area contributed by atoms with Crippen LogP contribution in [0.4, 0.5) is 0 Å². The van der Waals surface area contributed by atoms with Crippen molar-refractivity contribution in [3.8, 4) is 0 Å². The summed E-state index contributed by atoms with van der Waals surface area (Å²) in [5.41, 5.74) is 2.52. The van der Waals surface area contributed by atoms with E-state index in [4.69, 9.17) is 0 Å². The molecule has 1 heterocycles. The quantitative estimate of drug-likeness (QED) is 0.750. The number of aromatic nitrogens is 1. The third-order valence-electron chi connectivity index (χ3n) is 3.14. The molecule has 4 heteroatoms. The van der Waals surface area contributed by atoms with Crippen LogP contribution in [0.3, 0.4) is 0 Å². The largest absolute Gasteiger partial charge is 0.310 e. The van der Waals surface area contributed by atoms with Crippen LogP contribution >= 0.6 is 31.9 Å². The number of nitrogens with zero attached hydrogens (tertiary/aromatic N) is 1. The molecule has 1 atom stereocenters. The molecule has 2 nitrogen and oxygen atoms in total. The summed E-state index contributed by atoms with van der Waals surface area (Å²) in [6.45, 7) is 3.19. The second-order valence-electron chi connectivity index (χ2n) is 4.74. The lowest BCUT2D eigenvalue weighted by atomic mass is 10.00. The van der Waals surface area contributed by atoms with E-state index in [0.717, 1.165) is 28.3 Å². The lowest BCUT2D eigenvalue weighted by molar-refractivity contribution is 0.527. The number of pyridine rings is 1. The molecule has 1 aromatic carbocycles. The van der Waals surface area contributed by atoms with Gasteiger partial charge in [-0.15, -0.1) is 0 Å². The smallest absolute Gasteiger partial charge is 0.0373 e. The van der Waals surface area contributed by atoms with Crippen molar-refractivity contribution in [2.45, 2.75) is 25.8 Å². The monoisotopic (exact) mass is 396 g/mol. The minimum Gasteiger partial charge on any atom is -0.310 e. The zero-order valence-electron chi connectivity index (χ0n) is 11.4. The SMILES string of the molecule is CCCNC(Cc1cccnc1)c1cc(Br)ccc1Br. The average Bonchev–Trinajstić information content (AvgIpc) is 2.47. The maximum absolute atomic E-state index is 4.20. The van der Waals surface area contributed by atoms with E-state index in [1.807, 2.05) is 18.5 Å². The van der Waals surface area contributed by atoms with Crippen molar-refractivity contribution in [2.24, 2.45) is 0 Å². The van der Waals surface area contributed by atoms with Crippen LogP contribution in [0, 0.1) is 0 Å². The first-order chi connectivity index (χ1) is 9.70. The van der Waals surface area contributed by atoms with Gasteiger partial charge in [-0.3, -0.25) is 4.98 Å². The summed E-state index contributed by atoms with van der Waals surface area (Å²) in [5, 5.41) is 3.62. The highest BCUT2D eigenvalue weighted by atomic mass is 79.9. The van der Waals surface area contributed by atoms with E-state index < -0.39 is 0 Å². The van der Waals surface area contributed by atoms with Crippen LogP contribution in [0.25, 0.3) is 0 Å². The summed E-state index contributed by atoms with van der Waals surface area (Å²) < 4.78 is 2.24. The molecule has 0 spiro atoms. The van der Waals surface area contributed by atoms with Gasteiger partial charge in [0.05, 0.1) is 0 Å². The van der Waals surface area contributed by atoms with Crippen LogP contribution < -0.4 is 5.32 Å². The van der Waals surface area contributed by atoms with Crippen LogP contribution in [0.15, 0.2) is 51.7 Å². The topological polar surface area (TPSA) is 24.9 Å². The highest BCUT2D eigenvalue weighted by Crippen LogP contribution is 2.29. The molecule has 0 aliphatic heterocycles. The van der Waals surface area contributed by atoms with Gasteiger partial charge in [-0.05, 0) is 54.8 Å². The summed E-state index contributed by atoms with van der Waals surface area (Å²) >= 11 is 7.22. The van der Waals surface area contributed by atoms with Gasteiger partial charge in [-0.25, -0.2) is 0 Å². The molecule has 0 saturated heterocycles. The molecule has 1 aromatic heterocycles. The molecule has 2 aromatic rings. The van der Waals surface area contributed by atoms with Crippen molar-refractivity contribution in [2.75, 3.05) is 6.54 Å². The van der Waals surface area contributed by atoms with Gasteiger partial charge >= 0.3 is 0 Å². The van der Waals surface area contributed by atoms with Gasteiger partial charge in [0.2, 0.25) is 0 Å². The molecule has 0 saturated carbocycles. The Kier molecular flexibility index (Phi) is 6.20. The molecular weight excluding hydrogens is 380 g/mol. The number of halogens is 2. The maximum atomic E-state index is 4.20. The van der Waals surface area contributed by atoms with E-state index in [1.165, 1.54) is 11.1 Å². The van der Waals surface area contributed by atoms with Crippen molar-refractivity contribution < 1.29 is 0 Å². The Morgan fingerprint density at radius 3 is 2.80 bits per heavy atom. The fraction of sp³-hybridized carbons (Fsp3) is 0.312. The van der Waals surface area contributed by atoms with E-state index in [2.05, 4.69) is 73.3 Å². The van der Waals surface area contributed by atoms with Crippen LogP contribution in [0.1, 0.15) is 30.5 Å². The lowest BCUT2D eigenvalue weighted by Crippen LogP contribution is -2.24. The first-order valence-corrected chi connectivity index (χ1v) is 8.36. The molecule has 0 aliphatic rings. The molecule has 0 amide bonds. The van der Waals surface area contributed by atoms with E-state index in [-0.39, 0.29) is 6.04 Å². The molecule has 0 radical (unpaired) electrons. The number of rotatable bonds is 6. The minimum atomic E-state index is 0.283. The lowest BCUT2D eigenvalue weighted by Gasteiger charge is -2.20. The zero-order chi connectivity index (χ0) is 14.4. The Morgan fingerprint density at radius 2 is 2.10 bits per heavy atom. The van der Waals surface area contributed by atoms with Crippen LogP contribution in [-0.2, 0) is 6.42 Å². The highest BCUT2D eigenvalue weighted by molar-refractivity contribution is 9.11. The van der Waals surface area contributed by atoms with Gasteiger partial charge in [0.25, 0.3) is 0 Å². The summed E-state index contributed by atoms with van der Waals surface area (Å²) in [6.07, 6.45) is 5.80. The molecule has 1 unspecified atom stereocenters. The third kappa shape index (κ3) is 4.40. The van der Waals surface area contributed by atoms with Crippen molar-refractivity contribution in [3.05, 3.63) is 62.8 Å². The van der Waals surface area contributed by atoms with Gasteiger partial charge in [0, 0.05) is 27.4 Å². The van der Waals surface area contributed by atoms with Gasteiger partial charge < -0.3 is 5.32 Å². The van der Waals surface area contributed by atoms with Crippen LogP contribution in [0.2, 0.25) is 0 Å². The van der Waals surface area contributed by atoms with Crippen molar-refractivity contribution in [1.29, 1.82) is 0 Å². The summed E-state index contributed by atoms with van der Waals surface area (Å²) in [6, 6.07) is 10.7. The minimum absolute atomic E-state index is 0.283. The Morgan fingerprint density at radius 1 is 1.25 bits per heavy atom. The van der Waals surface area contributed by atoms with Crippen LogP contribution in [0.5, 0.6) is 0 Å². The summed E-state index contributed by atoms with van der Waals surface area (Å²) in [5.74, 6) is 0. The third-order valence-corrected chi connectivity index (χ3v) is 4.35. The molecule has 0 aliphatic carbocycles. The maximum Gasteiger partial charge on any atom is 0.0373 e. The summed E-state index contributed by atoms with van der Waals surface area (Å²) in [4.78, 5) is 4.20. The van der Waals surface area contributed by atoms with E-state index in [1.54, 1.807) is 0 Å². The van der Waals surface area contributed by atoms with Crippen molar-refractivity contribution >= 4 is 31.9 Å².